The summed E-state index contributed by atoms with van der Waals surface area (Å²) in [4.78, 5) is 23.3. The normalized spacial score (nSPS) is 13.4. The summed E-state index contributed by atoms with van der Waals surface area (Å²) in [5.41, 5.74) is -0.903. The number of carboxylic acid groups (broad SMARTS) is 1. The van der Waals surface area contributed by atoms with Crippen LogP contribution in [0.1, 0.15) is 19.4 Å². The van der Waals surface area contributed by atoms with Gasteiger partial charge < -0.3 is 14.6 Å². The van der Waals surface area contributed by atoms with Crippen molar-refractivity contribution in [1.29, 1.82) is 0 Å². The summed E-state index contributed by atoms with van der Waals surface area (Å²) in [5.74, 6) is -1.30. The molecule has 0 aliphatic rings. The van der Waals surface area contributed by atoms with Crippen LogP contribution < -0.4 is 4.74 Å². The van der Waals surface area contributed by atoms with Crippen molar-refractivity contribution in [3.05, 3.63) is 28.2 Å². The number of rotatable bonds is 6. The van der Waals surface area contributed by atoms with E-state index in [-0.39, 0.29) is 13.0 Å². The molecule has 5 nitrogen and oxygen atoms in total. The summed E-state index contributed by atoms with van der Waals surface area (Å²) in [6.45, 7) is 3.16. The van der Waals surface area contributed by atoms with E-state index in [1.165, 1.54) is 6.92 Å². The maximum absolute atomic E-state index is 11.9. The monoisotopic (exact) mass is 344 g/mol. The molecule has 1 aromatic carbocycles. The molecular formula is C14H17BrO5. The number of ether oxygens (including phenoxy) is 2. The number of hydrogen-bond donors (Lipinski definition) is 1. The zero-order valence-corrected chi connectivity index (χ0v) is 13.2. The minimum absolute atomic E-state index is 0.0454. The Balaban J connectivity index is 3.05. The highest BCUT2D eigenvalue weighted by atomic mass is 79.9. The van der Waals surface area contributed by atoms with Crippen LogP contribution in [-0.4, -0.2) is 30.8 Å². The van der Waals surface area contributed by atoms with E-state index in [9.17, 15) is 14.7 Å². The molecule has 0 heterocycles. The third kappa shape index (κ3) is 3.50. The quantitative estimate of drug-likeness (QED) is 0.634. The van der Waals surface area contributed by atoms with Crippen molar-refractivity contribution in [1.82, 2.24) is 0 Å². The largest absolute Gasteiger partial charge is 0.496 e. The summed E-state index contributed by atoms with van der Waals surface area (Å²) in [6, 6.07) is 5.18. The van der Waals surface area contributed by atoms with Gasteiger partial charge in [0.25, 0.3) is 0 Å². The Bertz CT molecular complexity index is 514. The van der Waals surface area contributed by atoms with Crippen molar-refractivity contribution in [2.45, 2.75) is 20.3 Å². The van der Waals surface area contributed by atoms with E-state index in [0.717, 1.165) is 0 Å². The number of methoxy groups -OCH3 is 1. The molecule has 0 aliphatic carbocycles. The van der Waals surface area contributed by atoms with E-state index < -0.39 is 17.4 Å². The van der Waals surface area contributed by atoms with Gasteiger partial charge in [-0.2, -0.15) is 0 Å². The van der Waals surface area contributed by atoms with Gasteiger partial charge in [-0.1, -0.05) is 6.07 Å². The lowest BCUT2D eigenvalue weighted by atomic mass is 9.83. The molecule has 0 aromatic heterocycles. The molecule has 0 radical (unpaired) electrons. The molecule has 6 heteroatoms. The Morgan fingerprint density at radius 3 is 2.50 bits per heavy atom. The van der Waals surface area contributed by atoms with E-state index in [4.69, 9.17) is 9.47 Å². The maximum Gasteiger partial charge on any atom is 0.323 e. The van der Waals surface area contributed by atoms with Gasteiger partial charge in [0.2, 0.25) is 0 Å². The van der Waals surface area contributed by atoms with Gasteiger partial charge in [-0.3, -0.25) is 9.59 Å². The van der Waals surface area contributed by atoms with Crippen molar-refractivity contribution in [2.75, 3.05) is 13.7 Å². The molecule has 20 heavy (non-hydrogen) atoms. The summed E-state index contributed by atoms with van der Waals surface area (Å²) < 4.78 is 10.7. The molecule has 110 valence electrons. The molecule has 1 aromatic rings. The number of halogens is 1. The molecule has 0 saturated heterocycles. The zero-order valence-electron chi connectivity index (χ0n) is 11.6. The summed E-state index contributed by atoms with van der Waals surface area (Å²) in [5, 5.41) is 9.32. The van der Waals surface area contributed by atoms with Gasteiger partial charge in [-0.15, -0.1) is 0 Å². The van der Waals surface area contributed by atoms with Crippen LogP contribution in [0.15, 0.2) is 22.7 Å². The lowest BCUT2D eigenvalue weighted by Crippen LogP contribution is -2.40. The number of aliphatic carboxylic acids is 1. The predicted octanol–water partition coefficient (Wildman–Crippen LogP) is 2.65. The fraction of sp³-hybridized carbons (Fsp3) is 0.429. The van der Waals surface area contributed by atoms with Gasteiger partial charge in [0.1, 0.15) is 5.75 Å². The molecule has 1 unspecified atom stereocenters. The molecule has 0 fully saturated rings. The minimum Gasteiger partial charge on any atom is -0.496 e. The fourth-order valence-corrected chi connectivity index (χ4v) is 2.34. The van der Waals surface area contributed by atoms with Crippen LogP contribution in [0.2, 0.25) is 0 Å². The lowest BCUT2D eigenvalue weighted by molar-refractivity contribution is -0.167. The van der Waals surface area contributed by atoms with Crippen LogP contribution in [0.25, 0.3) is 0 Å². The number of carboxylic acids is 1. The summed E-state index contributed by atoms with van der Waals surface area (Å²) in [6.07, 6.45) is 0.0454. The van der Waals surface area contributed by atoms with Crippen molar-refractivity contribution in [3.8, 4) is 5.75 Å². The second-order valence-corrected chi connectivity index (χ2v) is 5.36. The molecular weight excluding hydrogens is 328 g/mol. The van der Waals surface area contributed by atoms with Crippen molar-refractivity contribution >= 4 is 27.9 Å². The third-order valence-electron chi connectivity index (χ3n) is 2.97. The second kappa shape index (κ2) is 6.74. The van der Waals surface area contributed by atoms with Crippen LogP contribution in [-0.2, 0) is 20.7 Å². The molecule has 1 rings (SSSR count). The first-order valence-electron chi connectivity index (χ1n) is 6.08. The fourth-order valence-electron chi connectivity index (χ4n) is 1.75. The average molecular weight is 345 g/mol. The highest BCUT2D eigenvalue weighted by molar-refractivity contribution is 9.10. The third-order valence-corrected chi connectivity index (χ3v) is 3.59. The SMILES string of the molecule is CCOC(=O)C(C)(Cc1ccc(OC)c(Br)c1)C(=O)O. The van der Waals surface area contributed by atoms with Gasteiger partial charge >= 0.3 is 11.9 Å². The number of benzene rings is 1. The van der Waals surface area contributed by atoms with Crippen LogP contribution in [0.5, 0.6) is 5.75 Å². The molecule has 0 spiro atoms. The van der Waals surface area contributed by atoms with E-state index in [0.29, 0.717) is 15.8 Å². The smallest absolute Gasteiger partial charge is 0.323 e. The topological polar surface area (TPSA) is 72.8 Å². The molecule has 1 N–H and O–H groups in total. The zero-order chi connectivity index (χ0) is 15.3. The minimum atomic E-state index is -1.61. The average Bonchev–Trinajstić information content (AvgIpc) is 2.38. The Labute approximate surface area is 126 Å². The van der Waals surface area contributed by atoms with Crippen LogP contribution in [0.3, 0.4) is 0 Å². The predicted molar refractivity (Wildman–Crippen MR) is 76.8 cm³/mol. The first-order chi connectivity index (χ1) is 9.35. The first kappa shape index (κ1) is 16.5. The van der Waals surface area contributed by atoms with Gasteiger partial charge in [0.05, 0.1) is 18.2 Å². The van der Waals surface area contributed by atoms with E-state index >= 15 is 0 Å². The number of carbonyl (C=O) groups is 2. The van der Waals surface area contributed by atoms with Gasteiger partial charge in [-0.05, 0) is 53.9 Å². The van der Waals surface area contributed by atoms with Crippen molar-refractivity contribution in [2.24, 2.45) is 5.41 Å². The summed E-state index contributed by atoms with van der Waals surface area (Å²) >= 11 is 3.33. The maximum atomic E-state index is 11.9. The first-order valence-corrected chi connectivity index (χ1v) is 6.87. The van der Waals surface area contributed by atoms with Gasteiger partial charge in [-0.25, -0.2) is 0 Å². The lowest BCUT2D eigenvalue weighted by Gasteiger charge is -2.22. The molecule has 1 atom stereocenters. The van der Waals surface area contributed by atoms with Gasteiger partial charge in [0.15, 0.2) is 5.41 Å². The summed E-state index contributed by atoms with van der Waals surface area (Å²) in [7, 11) is 1.54. The van der Waals surface area contributed by atoms with Crippen molar-refractivity contribution in [3.63, 3.8) is 0 Å². The van der Waals surface area contributed by atoms with E-state index in [1.54, 1.807) is 32.2 Å². The Morgan fingerprint density at radius 2 is 2.05 bits per heavy atom. The van der Waals surface area contributed by atoms with Crippen LogP contribution in [0.4, 0.5) is 0 Å². The van der Waals surface area contributed by atoms with E-state index in [2.05, 4.69) is 15.9 Å². The highest BCUT2D eigenvalue weighted by Gasteiger charge is 2.43. The number of esters is 1. The molecule has 0 bridgehead atoms. The Kier molecular flexibility index (Phi) is 5.56. The Morgan fingerprint density at radius 1 is 1.40 bits per heavy atom. The number of hydrogen-bond acceptors (Lipinski definition) is 4. The van der Waals surface area contributed by atoms with Gasteiger partial charge in [0, 0.05) is 0 Å². The molecule has 0 aliphatic heterocycles. The molecule has 0 saturated carbocycles. The highest BCUT2D eigenvalue weighted by Crippen LogP contribution is 2.30. The second-order valence-electron chi connectivity index (χ2n) is 4.50. The standard InChI is InChI=1S/C14H17BrO5/c1-4-20-13(18)14(2,12(16)17)8-9-5-6-11(19-3)10(15)7-9/h5-7H,4,8H2,1-3H3,(H,16,17). The molecule has 0 amide bonds. The number of carbonyl (C=O) groups excluding carboxylic acids is 1. The van der Waals surface area contributed by atoms with Crippen LogP contribution >= 0.6 is 15.9 Å². The van der Waals surface area contributed by atoms with E-state index in [1.807, 2.05) is 0 Å². The van der Waals surface area contributed by atoms with Crippen molar-refractivity contribution < 1.29 is 24.2 Å². The Hall–Kier alpha value is -1.56. The van der Waals surface area contributed by atoms with Crippen LogP contribution in [0, 0.1) is 5.41 Å².